The summed E-state index contributed by atoms with van der Waals surface area (Å²) in [5.41, 5.74) is 0.822. The van der Waals surface area contributed by atoms with E-state index in [4.69, 9.17) is 4.74 Å². The fourth-order valence-corrected chi connectivity index (χ4v) is 3.23. The molecule has 0 fully saturated rings. The van der Waals surface area contributed by atoms with Crippen LogP contribution in [0, 0.1) is 0 Å². The summed E-state index contributed by atoms with van der Waals surface area (Å²) in [7, 11) is -1.55. The molecule has 0 amide bonds. The van der Waals surface area contributed by atoms with Crippen molar-refractivity contribution >= 4 is 10.0 Å². The van der Waals surface area contributed by atoms with Crippen LogP contribution in [0.2, 0.25) is 0 Å². The molecule has 0 saturated heterocycles. The van der Waals surface area contributed by atoms with Gasteiger partial charge >= 0.3 is 0 Å². The van der Waals surface area contributed by atoms with Crippen LogP contribution in [0.25, 0.3) is 0 Å². The number of ether oxygens (including phenoxy) is 1. The van der Waals surface area contributed by atoms with Gasteiger partial charge in [-0.2, -0.15) is 0 Å². The van der Waals surface area contributed by atoms with Gasteiger partial charge in [0, 0.05) is 12.0 Å². The molecular formula is C15H25NO3S. The molecule has 1 aromatic rings. The number of sulfonamides is 1. The average molecular weight is 299 g/mol. The number of unbranched alkanes of at least 4 members (excludes halogenated alkanes) is 1. The summed E-state index contributed by atoms with van der Waals surface area (Å²) in [6, 6.07) is 7.73. The largest absolute Gasteiger partial charge is 0.497 e. The van der Waals surface area contributed by atoms with Gasteiger partial charge in [-0.3, -0.25) is 0 Å². The Hall–Kier alpha value is -1.07. The second-order valence-electron chi connectivity index (χ2n) is 5.61. The molecule has 20 heavy (non-hydrogen) atoms. The minimum atomic E-state index is -3.17. The van der Waals surface area contributed by atoms with Gasteiger partial charge in [0.15, 0.2) is 0 Å². The lowest BCUT2D eigenvalue weighted by Crippen LogP contribution is -2.37. The number of hydrogen-bond donors (Lipinski definition) is 1. The predicted molar refractivity (Wildman–Crippen MR) is 82.7 cm³/mol. The zero-order chi connectivity index (χ0) is 15.2. The molecule has 0 aromatic heterocycles. The molecule has 5 heteroatoms. The zero-order valence-electron chi connectivity index (χ0n) is 12.8. The molecule has 0 spiro atoms. The van der Waals surface area contributed by atoms with Crippen LogP contribution in [0.4, 0.5) is 0 Å². The Morgan fingerprint density at radius 3 is 2.30 bits per heavy atom. The first-order valence-corrected chi connectivity index (χ1v) is 8.58. The van der Waals surface area contributed by atoms with Crippen molar-refractivity contribution in [3.8, 4) is 5.75 Å². The summed E-state index contributed by atoms with van der Waals surface area (Å²) in [6.45, 7) is 6.43. The standard InChI is InChI=1S/C15H25NO3S/c1-5-6-11-20(17,18)16-12-15(2,3)13-7-9-14(19-4)10-8-13/h7-10,16H,5-6,11-12H2,1-4H3. The van der Waals surface area contributed by atoms with Crippen LogP contribution < -0.4 is 9.46 Å². The number of nitrogens with one attached hydrogen (secondary N) is 1. The molecule has 4 nitrogen and oxygen atoms in total. The maximum Gasteiger partial charge on any atom is 0.211 e. The third kappa shape index (κ3) is 5.13. The van der Waals surface area contributed by atoms with Crippen molar-refractivity contribution in [2.24, 2.45) is 0 Å². The third-order valence-electron chi connectivity index (χ3n) is 3.37. The molecule has 1 aromatic carbocycles. The maximum atomic E-state index is 11.8. The molecule has 0 radical (unpaired) electrons. The average Bonchev–Trinajstić information content (AvgIpc) is 2.43. The molecular weight excluding hydrogens is 274 g/mol. The first-order chi connectivity index (χ1) is 9.30. The van der Waals surface area contributed by atoms with Gasteiger partial charge in [-0.05, 0) is 24.1 Å². The first-order valence-electron chi connectivity index (χ1n) is 6.92. The minimum absolute atomic E-state index is 0.197. The quantitative estimate of drug-likeness (QED) is 0.803. The third-order valence-corrected chi connectivity index (χ3v) is 4.78. The predicted octanol–water partition coefficient (Wildman–Crippen LogP) is 2.69. The Morgan fingerprint density at radius 2 is 1.80 bits per heavy atom. The van der Waals surface area contributed by atoms with Crippen LogP contribution in [0.5, 0.6) is 5.75 Å². The second-order valence-corrected chi connectivity index (χ2v) is 7.53. The Morgan fingerprint density at radius 1 is 1.20 bits per heavy atom. The zero-order valence-corrected chi connectivity index (χ0v) is 13.6. The molecule has 0 unspecified atom stereocenters. The van der Waals surface area contributed by atoms with E-state index in [9.17, 15) is 8.42 Å². The van der Waals surface area contributed by atoms with E-state index in [-0.39, 0.29) is 11.2 Å². The number of benzene rings is 1. The van der Waals surface area contributed by atoms with Crippen LogP contribution in [-0.2, 0) is 15.4 Å². The molecule has 0 heterocycles. The molecule has 0 bridgehead atoms. The summed E-state index contributed by atoms with van der Waals surface area (Å²) in [4.78, 5) is 0. The highest BCUT2D eigenvalue weighted by Gasteiger charge is 2.23. The highest BCUT2D eigenvalue weighted by Crippen LogP contribution is 2.24. The molecule has 0 atom stereocenters. The topological polar surface area (TPSA) is 55.4 Å². The fourth-order valence-electron chi connectivity index (χ4n) is 1.84. The van der Waals surface area contributed by atoms with Gasteiger partial charge in [-0.25, -0.2) is 13.1 Å². The molecule has 0 aliphatic heterocycles. The van der Waals surface area contributed by atoms with E-state index in [2.05, 4.69) is 4.72 Å². The molecule has 1 rings (SSSR count). The Balaban J connectivity index is 2.69. The van der Waals surface area contributed by atoms with Crippen LogP contribution in [0.1, 0.15) is 39.2 Å². The fraction of sp³-hybridized carbons (Fsp3) is 0.600. The normalized spacial score (nSPS) is 12.4. The lowest BCUT2D eigenvalue weighted by molar-refractivity contribution is 0.414. The van der Waals surface area contributed by atoms with Crippen LogP contribution in [0.15, 0.2) is 24.3 Å². The molecule has 0 aliphatic rings. The molecule has 1 N–H and O–H groups in total. The number of rotatable bonds is 8. The van der Waals surface area contributed by atoms with Gasteiger partial charge in [-0.15, -0.1) is 0 Å². The van der Waals surface area contributed by atoms with Crippen molar-refractivity contribution in [3.63, 3.8) is 0 Å². The van der Waals surface area contributed by atoms with Crippen molar-refractivity contribution in [2.45, 2.75) is 39.0 Å². The lowest BCUT2D eigenvalue weighted by Gasteiger charge is -2.25. The van der Waals surface area contributed by atoms with Gasteiger partial charge in [0.05, 0.1) is 12.9 Å². The van der Waals surface area contributed by atoms with Crippen LogP contribution >= 0.6 is 0 Å². The van der Waals surface area contributed by atoms with Gasteiger partial charge in [0.25, 0.3) is 0 Å². The van der Waals surface area contributed by atoms with Gasteiger partial charge in [0.2, 0.25) is 10.0 Å². The van der Waals surface area contributed by atoms with Crippen molar-refractivity contribution < 1.29 is 13.2 Å². The van der Waals surface area contributed by atoms with Crippen LogP contribution in [-0.4, -0.2) is 27.8 Å². The van der Waals surface area contributed by atoms with E-state index < -0.39 is 10.0 Å². The van der Waals surface area contributed by atoms with E-state index in [1.54, 1.807) is 7.11 Å². The Labute approximate surface area is 122 Å². The maximum absolute atomic E-state index is 11.8. The molecule has 0 aliphatic carbocycles. The smallest absolute Gasteiger partial charge is 0.211 e. The number of hydrogen-bond acceptors (Lipinski definition) is 3. The van der Waals surface area contributed by atoms with Crippen molar-refractivity contribution in [1.82, 2.24) is 4.72 Å². The highest BCUT2D eigenvalue weighted by atomic mass is 32.2. The monoisotopic (exact) mass is 299 g/mol. The van der Waals surface area contributed by atoms with E-state index >= 15 is 0 Å². The van der Waals surface area contributed by atoms with Gasteiger partial charge in [0.1, 0.15) is 5.75 Å². The van der Waals surface area contributed by atoms with Gasteiger partial charge in [-0.1, -0.05) is 39.3 Å². The summed E-state index contributed by atoms with van der Waals surface area (Å²) >= 11 is 0. The van der Waals surface area contributed by atoms with E-state index in [0.29, 0.717) is 13.0 Å². The number of methoxy groups -OCH3 is 1. The summed E-state index contributed by atoms with van der Waals surface area (Å²) in [5, 5.41) is 0. The van der Waals surface area contributed by atoms with E-state index in [1.165, 1.54) is 0 Å². The first kappa shape index (κ1) is 17.0. The van der Waals surface area contributed by atoms with Gasteiger partial charge < -0.3 is 4.74 Å². The Bertz CT molecular complexity index is 506. The molecule has 114 valence electrons. The Kier molecular flexibility index (Phi) is 6.02. The molecule has 0 saturated carbocycles. The second kappa shape index (κ2) is 7.09. The highest BCUT2D eigenvalue weighted by molar-refractivity contribution is 7.89. The lowest BCUT2D eigenvalue weighted by atomic mass is 9.85. The van der Waals surface area contributed by atoms with E-state index in [1.807, 2.05) is 45.0 Å². The van der Waals surface area contributed by atoms with Crippen molar-refractivity contribution in [1.29, 1.82) is 0 Å². The minimum Gasteiger partial charge on any atom is -0.497 e. The van der Waals surface area contributed by atoms with E-state index in [0.717, 1.165) is 17.7 Å². The van der Waals surface area contributed by atoms with Crippen LogP contribution in [0.3, 0.4) is 0 Å². The SMILES string of the molecule is CCCCS(=O)(=O)NCC(C)(C)c1ccc(OC)cc1. The summed E-state index contributed by atoms with van der Waals surface area (Å²) in [6.07, 6.45) is 1.57. The summed E-state index contributed by atoms with van der Waals surface area (Å²) in [5.74, 6) is 0.996. The van der Waals surface area contributed by atoms with Crippen molar-refractivity contribution in [3.05, 3.63) is 29.8 Å². The van der Waals surface area contributed by atoms with Crippen molar-refractivity contribution in [2.75, 3.05) is 19.4 Å². The summed E-state index contributed by atoms with van der Waals surface area (Å²) < 4.78 is 31.5.